The summed E-state index contributed by atoms with van der Waals surface area (Å²) in [5.74, 6) is 0.662. The normalized spacial score (nSPS) is 9.50. The molecule has 0 unspecified atom stereocenters. The van der Waals surface area contributed by atoms with Crippen LogP contribution in [0.25, 0.3) is 0 Å². The van der Waals surface area contributed by atoms with Gasteiger partial charge in [-0.25, -0.2) is 0 Å². The number of anilines is 1. The lowest BCUT2D eigenvalue weighted by Gasteiger charge is -1.94. The summed E-state index contributed by atoms with van der Waals surface area (Å²) in [6.07, 6.45) is 1.08. The summed E-state index contributed by atoms with van der Waals surface area (Å²) in [4.78, 5) is 0. The van der Waals surface area contributed by atoms with Crippen molar-refractivity contribution in [2.24, 2.45) is 11.7 Å². The lowest BCUT2D eigenvalue weighted by atomic mass is 10.2. The van der Waals surface area contributed by atoms with Crippen LogP contribution in [0.2, 0.25) is 0 Å². The van der Waals surface area contributed by atoms with E-state index in [0.717, 1.165) is 18.7 Å². The molecule has 80 valence electrons. The Balaban J connectivity index is 0.000000292. The minimum Gasteiger partial charge on any atom is -0.399 e. The van der Waals surface area contributed by atoms with Crippen LogP contribution in [-0.2, 0) is 6.42 Å². The van der Waals surface area contributed by atoms with Crippen LogP contribution in [0.15, 0.2) is 24.3 Å². The zero-order valence-electron chi connectivity index (χ0n) is 9.46. The minimum atomic E-state index is 0.662. The molecule has 0 bridgehead atoms. The molecule has 0 radical (unpaired) electrons. The van der Waals surface area contributed by atoms with Crippen molar-refractivity contribution in [2.75, 3.05) is 12.3 Å². The van der Waals surface area contributed by atoms with Crippen molar-refractivity contribution in [3.05, 3.63) is 29.8 Å². The predicted molar refractivity (Wildman–Crippen MR) is 64.1 cm³/mol. The monoisotopic (exact) mass is 194 g/mol. The predicted octanol–water partition coefficient (Wildman–Crippen LogP) is 2.43. The Hall–Kier alpha value is -1.02. The molecule has 0 atom stereocenters. The fourth-order valence-corrected chi connectivity index (χ4v) is 0.753. The molecule has 1 rings (SSSR count). The van der Waals surface area contributed by atoms with Crippen molar-refractivity contribution >= 4 is 5.69 Å². The highest BCUT2D eigenvalue weighted by molar-refractivity contribution is 5.39. The van der Waals surface area contributed by atoms with Gasteiger partial charge in [0, 0.05) is 5.69 Å². The molecule has 2 heteroatoms. The molecule has 2 nitrogen and oxygen atoms in total. The van der Waals surface area contributed by atoms with E-state index in [9.17, 15) is 0 Å². The topological polar surface area (TPSA) is 52.0 Å². The molecular formula is C12H22N2. The highest BCUT2D eigenvalue weighted by atomic mass is 14.5. The van der Waals surface area contributed by atoms with Crippen molar-refractivity contribution in [1.29, 1.82) is 0 Å². The Morgan fingerprint density at radius 3 is 1.86 bits per heavy atom. The highest BCUT2D eigenvalue weighted by Crippen LogP contribution is 2.04. The van der Waals surface area contributed by atoms with Gasteiger partial charge in [0.2, 0.25) is 0 Å². The van der Waals surface area contributed by atoms with Crippen LogP contribution in [0.3, 0.4) is 0 Å². The maximum atomic E-state index is 5.48. The Morgan fingerprint density at radius 2 is 1.57 bits per heavy atom. The first-order valence-electron chi connectivity index (χ1n) is 5.14. The van der Waals surface area contributed by atoms with Crippen LogP contribution in [-0.4, -0.2) is 6.54 Å². The average Bonchev–Trinajstić information content (AvgIpc) is 2.20. The molecule has 0 saturated heterocycles. The van der Waals surface area contributed by atoms with E-state index < -0.39 is 0 Å². The van der Waals surface area contributed by atoms with Crippen LogP contribution >= 0.6 is 0 Å². The van der Waals surface area contributed by atoms with Crippen LogP contribution in [0, 0.1) is 5.92 Å². The third-order valence-electron chi connectivity index (χ3n) is 1.86. The van der Waals surface area contributed by atoms with Crippen molar-refractivity contribution in [2.45, 2.75) is 27.2 Å². The van der Waals surface area contributed by atoms with E-state index >= 15 is 0 Å². The standard InChI is InChI=1S/C8H11N.C4H11N/c1-2-7-3-5-8(9)6-4-7;1-4(2)3-5/h3-6H,2,9H2,1H3;4H,3,5H2,1-2H3. The molecule has 1 aromatic carbocycles. The first-order valence-corrected chi connectivity index (χ1v) is 5.14. The van der Waals surface area contributed by atoms with Gasteiger partial charge in [0.25, 0.3) is 0 Å². The summed E-state index contributed by atoms with van der Waals surface area (Å²) in [7, 11) is 0. The molecule has 4 N–H and O–H groups in total. The summed E-state index contributed by atoms with van der Waals surface area (Å²) >= 11 is 0. The van der Waals surface area contributed by atoms with Crippen molar-refractivity contribution in [3.8, 4) is 0 Å². The van der Waals surface area contributed by atoms with Gasteiger partial charge in [0.05, 0.1) is 0 Å². The highest BCUT2D eigenvalue weighted by Gasteiger charge is 1.85. The number of nitrogen functional groups attached to an aromatic ring is 1. The van der Waals surface area contributed by atoms with Gasteiger partial charge in [-0.3, -0.25) is 0 Å². The van der Waals surface area contributed by atoms with E-state index in [1.165, 1.54) is 5.56 Å². The van der Waals surface area contributed by atoms with Gasteiger partial charge in [0.1, 0.15) is 0 Å². The molecule has 0 heterocycles. The van der Waals surface area contributed by atoms with Gasteiger partial charge in [-0.1, -0.05) is 32.9 Å². The largest absolute Gasteiger partial charge is 0.399 e. The van der Waals surface area contributed by atoms with Crippen LogP contribution in [0.5, 0.6) is 0 Å². The molecule has 14 heavy (non-hydrogen) atoms. The third-order valence-corrected chi connectivity index (χ3v) is 1.86. The average molecular weight is 194 g/mol. The molecule has 0 spiro atoms. The minimum absolute atomic E-state index is 0.662. The van der Waals surface area contributed by atoms with Crippen molar-refractivity contribution in [1.82, 2.24) is 0 Å². The van der Waals surface area contributed by atoms with Gasteiger partial charge >= 0.3 is 0 Å². The van der Waals surface area contributed by atoms with Crippen molar-refractivity contribution in [3.63, 3.8) is 0 Å². The molecule has 0 amide bonds. The number of hydrogen-bond donors (Lipinski definition) is 2. The Kier molecular flexibility index (Phi) is 6.85. The molecule has 0 aromatic heterocycles. The summed E-state index contributed by atoms with van der Waals surface area (Å²) in [6, 6.07) is 7.96. The van der Waals surface area contributed by atoms with E-state index in [-0.39, 0.29) is 0 Å². The molecule has 0 aliphatic carbocycles. The summed E-state index contributed by atoms with van der Waals surface area (Å²) < 4.78 is 0. The zero-order valence-corrected chi connectivity index (χ0v) is 9.46. The quantitative estimate of drug-likeness (QED) is 0.710. The zero-order chi connectivity index (χ0) is 11.0. The maximum absolute atomic E-state index is 5.48. The number of aryl methyl sites for hydroxylation is 1. The summed E-state index contributed by atoms with van der Waals surface area (Å²) in [5.41, 5.74) is 12.8. The molecular weight excluding hydrogens is 172 g/mol. The molecule has 1 aromatic rings. The number of nitrogens with two attached hydrogens (primary N) is 2. The second-order valence-corrected chi connectivity index (χ2v) is 3.72. The van der Waals surface area contributed by atoms with Gasteiger partial charge in [-0.05, 0) is 36.6 Å². The van der Waals surface area contributed by atoms with Crippen molar-refractivity contribution < 1.29 is 0 Å². The number of benzene rings is 1. The lowest BCUT2D eigenvalue weighted by Crippen LogP contribution is -2.05. The SMILES string of the molecule is CC(C)CN.CCc1ccc(N)cc1. The van der Waals surface area contributed by atoms with Gasteiger partial charge < -0.3 is 11.5 Å². The van der Waals surface area contributed by atoms with Crippen LogP contribution in [0.4, 0.5) is 5.69 Å². The Morgan fingerprint density at radius 1 is 1.14 bits per heavy atom. The van der Waals surface area contributed by atoms with E-state index in [1.807, 2.05) is 12.1 Å². The van der Waals surface area contributed by atoms with Crippen LogP contribution in [0.1, 0.15) is 26.3 Å². The first kappa shape index (κ1) is 13.0. The Bertz CT molecular complexity index is 227. The Labute approximate surface area is 87.3 Å². The second-order valence-electron chi connectivity index (χ2n) is 3.72. The first-order chi connectivity index (χ1) is 6.60. The maximum Gasteiger partial charge on any atom is 0.0314 e. The van der Waals surface area contributed by atoms with E-state index in [4.69, 9.17) is 11.5 Å². The second kappa shape index (κ2) is 7.39. The summed E-state index contributed by atoms with van der Waals surface area (Å²) in [6.45, 7) is 7.13. The molecule has 0 fully saturated rings. The molecule has 0 aliphatic rings. The number of rotatable bonds is 2. The third kappa shape index (κ3) is 6.49. The van der Waals surface area contributed by atoms with Gasteiger partial charge in [-0.2, -0.15) is 0 Å². The van der Waals surface area contributed by atoms with E-state index in [0.29, 0.717) is 5.92 Å². The fourth-order valence-electron chi connectivity index (χ4n) is 0.753. The summed E-state index contributed by atoms with van der Waals surface area (Å²) in [5, 5.41) is 0. The smallest absolute Gasteiger partial charge is 0.0314 e. The molecule has 0 saturated carbocycles. The molecule has 0 aliphatic heterocycles. The lowest BCUT2D eigenvalue weighted by molar-refractivity contribution is 0.664. The van der Waals surface area contributed by atoms with Gasteiger partial charge in [-0.15, -0.1) is 0 Å². The van der Waals surface area contributed by atoms with E-state index in [2.05, 4.69) is 32.9 Å². The fraction of sp³-hybridized carbons (Fsp3) is 0.500. The van der Waals surface area contributed by atoms with Gasteiger partial charge in [0.15, 0.2) is 0 Å². The van der Waals surface area contributed by atoms with E-state index in [1.54, 1.807) is 0 Å². The number of hydrogen-bond acceptors (Lipinski definition) is 2. The van der Waals surface area contributed by atoms with Crippen LogP contribution < -0.4 is 11.5 Å².